The van der Waals surface area contributed by atoms with Gasteiger partial charge >= 0.3 is 0 Å². The second-order valence-electron chi connectivity index (χ2n) is 4.44. The number of aliphatic hydroxyl groups excluding tert-OH is 1. The number of likely N-dealkylation sites (tertiary alicyclic amines) is 1. The number of carbonyl (C=O) groups is 1. The molecule has 1 aliphatic heterocycles. The van der Waals surface area contributed by atoms with E-state index in [0.29, 0.717) is 5.78 Å². The van der Waals surface area contributed by atoms with Gasteiger partial charge in [-0.2, -0.15) is 0 Å². The molecule has 0 aliphatic carbocycles. The number of hydrogen-bond donors (Lipinski definition) is 1. The topological polar surface area (TPSA) is 40.5 Å². The Labute approximate surface area is 92.5 Å². The van der Waals surface area contributed by atoms with Crippen LogP contribution in [-0.4, -0.2) is 41.5 Å². The maximum atomic E-state index is 11.4. The minimum absolute atomic E-state index is 0.174. The number of Topliss-reactive ketones (excluding diaryl/α,β-unsaturated/α-hetero) is 1. The van der Waals surface area contributed by atoms with Crippen LogP contribution < -0.4 is 0 Å². The summed E-state index contributed by atoms with van der Waals surface area (Å²) in [7, 11) is 0. The molecule has 1 rings (SSSR count). The molecule has 0 amide bonds. The van der Waals surface area contributed by atoms with Gasteiger partial charge in [0, 0.05) is 6.61 Å². The van der Waals surface area contributed by atoms with Crippen molar-refractivity contribution in [2.75, 3.05) is 19.7 Å². The molecule has 0 radical (unpaired) electrons. The van der Waals surface area contributed by atoms with Crippen LogP contribution >= 0.6 is 0 Å². The first kappa shape index (κ1) is 12.7. The summed E-state index contributed by atoms with van der Waals surface area (Å²) in [5.41, 5.74) is 0. The van der Waals surface area contributed by atoms with Crippen LogP contribution in [0, 0.1) is 0 Å². The van der Waals surface area contributed by atoms with E-state index < -0.39 is 0 Å². The van der Waals surface area contributed by atoms with Gasteiger partial charge in [-0.15, -0.1) is 0 Å². The zero-order valence-electron chi connectivity index (χ0n) is 9.74. The van der Waals surface area contributed by atoms with E-state index in [-0.39, 0.29) is 12.6 Å². The highest BCUT2D eigenvalue weighted by atomic mass is 16.2. The molecule has 0 bridgehead atoms. The standard InChI is InChI=1S/C12H23NO2/c1-11(15)12-7-3-5-9-13(12)8-4-2-6-10-14/h12,14H,2-10H2,1H3. The summed E-state index contributed by atoms with van der Waals surface area (Å²) in [6.45, 7) is 4.08. The lowest BCUT2D eigenvalue weighted by Gasteiger charge is -2.34. The number of piperidine rings is 1. The number of carbonyl (C=O) groups excluding carboxylic acids is 1. The van der Waals surface area contributed by atoms with Crippen LogP contribution in [0.3, 0.4) is 0 Å². The molecule has 1 heterocycles. The third-order valence-electron chi connectivity index (χ3n) is 3.19. The summed E-state index contributed by atoms with van der Waals surface area (Å²) in [5.74, 6) is 0.317. The van der Waals surface area contributed by atoms with E-state index in [9.17, 15) is 4.79 Å². The van der Waals surface area contributed by atoms with Crippen LogP contribution in [0.2, 0.25) is 0 Å². The van der Waals surface area contributed by atoms with Gasteiger partial charge in [0.25, 0.3) is 0 Å². The lowest BCUT2D eigenvalue weighted by molar-refractivity contribution is -0.123. The summed E-state index contributed by atoms with van der Waals surface area (Å²) in [4.78, 5) is 13.7. The fourth-order valence-corrected chi connectivity index (χ4v) is 2.32. The second-order valence-corrected chi connectivity index (χ2v) is 4.44. The first-order valence-electron chi connectivity index (χ1n) is 6.11. The fraction of sp³-hybridized carbons (Fsp3) is 0.917. The van der Waals surface area contributed by atoms with Crippen molar-refractivity contribution < 1.29 is 9.90 Å². The number of hydrogen-bond acceptors (Lipinski definition) is 3. The summed E-state index contributed by atoms with van der Waals surface area (Å²) < 4.78 is 0. The van der Waals surface area contributed by atoms with Gasteiger partial charge in [-0.3, -0.25) is 9.69 Å². The smallest absolute Gasteiger partial charge is 0.146 e. The first-order valence-corrected chi connectivity index (χ1v) is 6.11. The minimum Gasteiger partial charge on any atom is -0.396 e. The first-order chi connectivity index (χ1) is 7.25. The Morgan fingerprint density at radius 3 is 2.80 bits per heavy atom. The molecule has 3 nitrogen and oxygen atoms in total. The maximum absolute atomic E-state index is 11.4. The molecule has 0 aromatic rings. The summed E-state index contributed by atoms with van der Waals surface area (Å²) in [5, 5.41) is 8.68. The van der Waals surface area contributed by atoms with Crippen LogP contribution in [0.1, 0.15) is 45.4 Å². The number of aliphatic hydroxyl groups is 1. The molecule has 0 aromatic heterocycles. The van der Waals surface area contributed by atoms with Gasteiger partial charge in [-0.05, 0) is 52.1 Å². The zero-order valence-corrected chi connectivity index (χ0v) is 9.74. The van der Waals surface area contributed by atoms with Crippen molar-refractivity contribution in [1.29, 1.82) is 0 Å². The van der Waals surface area contributed by atoms with E-state index in [1.807, 2.05) is 0 Å². The number of rotatable bonds is 6. The zero-order chi connectivity index (χ0) is 11.1. The molecule has 1 aliphatic rings. The van der Waals surface area contributed by atoms with Crippen LogP contribution in [0.4, 0.5) is 0 Å². The molecule has 3 heteroatoms. The lowest BCUT2D eigenvalue weighted by atomic mass is 9.99. The van der Waals surface area contributed by atoms with Crippen molar-refractivity contribution in [2.45, 2.75) is 51.5 Å². The maximum Gasteiger partial charge on any atom is 0.146 e. The van der Waals surface area contributed by atoms with E-state index in [1.165, 1.54) is 12.8 Å². The summed E-state index contributed by atoms with van der Waals surface area (Å²) >= 11 is 0. The van der Waals surface area contributed by atoms with E-state index in [4.69, 9.17) is 5.11 Å². The van der Waals surface area contributed by atoms with Crippen molar-refractivity contribution >= 4 is 5.78 Å². The van der Waals surface area contributed by atoms with Crippen LogP contribution in [0.25, 0.3) is 0 Å². The highest BCUT2D eigenvalue weighted by Gasteiger charge is 2.24. The van der Waals surface area contributed by atoms with E-state index in [0.717, 1.165) is 38.8 Å². The van der Waals surface area contributed by atoms with Crippen LogP contribution in [0.5, 0.6) is 0 Å². The number of ketones is 1. The van der Waals surface area contributed by atoms with Gasteiger partial charge in [-0.1, -0.05) is 6.42 Å². The molecular weight excluding hydrogens is 190 g/mol. The second kappa shape index (κ2) is 6.96. The SMILES string of the molecule is CC(=O)C1CCCCN1CCCCCO. The third kappa shape index (κ3) is 4.31. The van der Waals surface area contributed by atoms with Gasteiger partial charge in [-0.25, -0.2) is 0 Å². The van der Waals surface area contributed by atoms with Crippen LogP contribution in [-0.2, 0) is 4.79 Å². The predicted molar refractivity (Wildman–Crippen MR) is 60.8 cm³/mol. The molecule has 1 fully saturated rings. The minimum atomic E-state index is 0.174. The van der Waals surface area contributed by atoms with Crippen molar-refractivity contribution in [3.8, 4) is 0 Å². The highest BCUT2D eigenvalue weighted by Crippen LogP contribution is 2.18. The summed E-state index contributed by atoms with van der Waals surface area (Å²) in [6.07, 6.45) is 6.51. The molecule has 0 spiro atoms. The van der Waals surface area contributed by atoms with E-state index >= 15 is 0 Å². The number of nitrogens with zero attached hydrogens (tertiary/aromatic N) is 1. The molecule has 88 valence electrons. The number of unbranched alkanes of at least 4 members (excludes halogenated alkanes) is 2. The molecule has 1 saturated heterocycles. The predicted octanol–water partition coefficient (Wildman–Crippen LogP) is 1.59. The van der Waals surface area contributed by atoms with Gasteiger partial charge in [0.15, 0.2) is 0 Å². The fourth-order valence-electron chi connectivity index (χ4n) is 2.32. The Kier molecular flexibility index (Phi) is 5.88. The molecule has 0 saturated carbocycles. The van der Waals surface area contributed by atoms with Crippen molar-refractivity contribution in [1.82, 2.24) is 4.90 Å². The Balaban J connectivity index is 2.26. The highest BCUT2D eigenvalue weighted by molar-refractivity contribution is 5.81. The van der Waals surface area contributed by atoms with Crippen molar-refractivity contribution in [3.05, 3.63) is 0 Å². The average Bonchev–Trinajstić information content (AvgIpc) is 2.25. The Bertz CT molecular complexity index is 194. The Morgan fingerprint density at radius 2 is 2.13 bits per heavy atom. The van der Waals surface area contributed by atoms with E-state index in [1.54, 1.807) is 6.92 Å². The Hall–Kier alpha value is -0.410. The van der Waals surface area contributed by atoms with Gasteiger partial charge in [0.05, 0.1) is 6.04 Å². The molecule has 15 heavy (non-hydrogen) atoms. The molecule has 1 unspecified atom stereocenters. The molecule has 0 aromatic carbocycles. The van der Waals surface area contributed by atoms with Crippen molar-refractivity contribution in [2.24, 2.45) is 0 Å². The van der Waals surface area contributed by atoms with Crippen LogP contribution in [0.15, 0.2) is 0 Å². The van der Waals surface area contributed by atoms with Crippen molar-refractivity contribution in [3.63, 3.8) is 0 Å². The quantitative estimate of drug-likeness (QED) is 0.681. The largest absolute Gasteiger partial charge is 0.396 e. The normalized spacial score (nSPS) is 22.9. The molecular formula is C12H23NO2. The van der Waals surface area contributed by atoms with Gasteiger partial charge < -0.3 is 5.11 Å². The Morgan fingerprint density at radius 1 is 1.33 bits per heavy atom. The molecule has 1 N–H and O–H groups in total. The average molecular weight is 213 g/mol. The van der Waals surface area contributed by atoms with E-state index in [2.05, 4.69) is 4.90 Å². The lowest BCUT2D eigenvalue weighted by Crippen LogP contribution is -2.44. The third-order valence-corrected chi connectivity index (χ3v) is 3.19. The summed E-state index contributed by atoms with van der Waals surface area (Å²) in [6, 6.07) is 0.174. The van der Waals surface area contributed by atoms with Gasteiger partial charge in [0.2, 0.25) is 0 Å². The molecule has 1 atom stereocenters. The monoisotopic (exact) mass is 213 g/mol. The van der Waals surface area contributed by atoms with Gasteiger partial charge in [0.1, 0.15) is 5.78 Å².